The van der Waals surface area contributed by atoms with E-state index >= 15 is 0 Å². The Balaban J connectivity index is 2.16. The van der Waals surface area contributed by atoms with Gasteiger partial charge in [-0.05, 0) is 35.2 Å². The predicted octanol–water partition coefficient (Wildman–Crippen LogP) is 2.74. The van der Waals surface area contributed by atoms with Gasteiger partial charge in [0.05, 0.1) is 7.11 Å². The lowest BCUT2D eigenvalue weighted by molar-refractivity contribution is -0.144. The van der Waals surface area contributed by atoms with E-state index in [1.54, 1.807) is 43.6 Å². The zero-order chi connectivity index (χ0) is 23.0. The largest absolute Gasteiger partial charge is 0.497 e. The standard InChI is InChI=1S/C23H30N4O4/c1-23(2,3)21(22(24)30)27(15-16-8-10-17(31-4)11-9-16)20(29)13-12-19(28)26-18-7-5-6-14-25-18/h5-11,14,21H,12-13,15H2,1-4H3,(H2,24,30)(H,25,26,28). The number of nitrogens with two attached hydrogens (primary N) is 1. The van der Waals surface area contributed by atoms with Crippen molar-refractivity contribution in [2.24, 2.45) is 11.1 Å². The molecule has 0 spiro atoms. The van der Waals surface area contributed by atoms with Crippen LogP contribution in [0.25, 0.3) is 0 Å². The first kappa shape index (κ1) is 23.9. The van der Waals surface area contributed by atoms with Gasteiger partial charge in [0.15, 0.2) is 0 Å². The van der Waals surface area contributed by atoms with E-state index in [0.717, 1.165) is 5.56 Å². The molecule has 1 aromatic carbocycles. The van der Waals surface area contributed by atoms with Gasteiger partial charge >= 0.3 is 0 Å². The summed E-state index contributed by atoms with van der Waals surface area (Å²) in [6.45, 7) is 5.75. The van der Waals surface area contributed by atoms with Crippen LogP contribution in [0.1, 0.15) is 39.2 Å². The number of nitrogens with zero attached hydrogens (tertiary/aromatic N) is 2. The van der Waals surface area contributed by atoms with Gasteiger partial charge in [-0.25, -0.2) is 4.98 Å². The molecule has 1 atom stereocenters. The number of methoxy groups -OCH3 is 1. The Morgan fingerprint density at radius 2 is 1.77 bits per heavy atom. The van der Waals surface area contributed by atoms with Crippen molar-refractivity contribution in [1.82, 2.24) is 9.88 Å². The second-order valence-electron chi connectivity index (χ2n) is 8.30. The molecule has 8 nitrogen and oxygen atoms in total. The summed E-state index contributed by atoms with van der Waals surface area (Å²) in [5, 5.41) is 2.65. The number of aromatic nitrogens is 1. The molecule has 3 N–H and O–H groups in total. The fourth-order valence-corrected chi connectivity index (χ4v) is 3.31. The van der Waals surface area contributed by atoms with Gasteiger partial charge in [-0.2, -0.15) is 0 Å². The summed E-state index contributed by atoms with van der Waals surface area (Å²) in [4.78, 5) is 43.1. The van der Waals surface area contributed by atoms with E-state index in [2.05, 4.69) is 10.3 Å². The molecule has 2 rings (SSSR count). The highest BCUT2D eigenvalue weighted by Crippen LogP contribution is 2.27. The average molecular weight is 427 g/mol. The number of rotatable bonds is 9. The second kappa shape index (κ2) is 10.6. The monoisotopic (exact) mass is 426 g/mol. The van der Waals surface area contributed by atoms with Gasteiger partial charge in [0.25, 0.3) is 0 Å². The minimum atomic E-state index is -0.832. The molecule has 0 radical (unpaired) electrons. The first-order valence-electron chi connectivity index (χ1n) is 10.0. The summed E-state index contributed by atoms with van der Waals surface area (Å²) in [6, 6.07) is 11.6. The van der Waals surface area contributed by atoms with Crippen molar-refractivity contribution in [1.29, 1.82) is 0 Å². The van der Waals surface area contributed by atoms with Crippen molar-refractivity contribution in [3.63, 3.8) is 0 Å². The molecule has 8 heteroatoms. The molecule has 0 aliphatic carbocycles. The SMILES string of the molecule is COc1ccc(CN(C(=O)CCC(=O)Nc2ccccn2)C(C(N)=O)C(C)(C)C)cc1. The van der Waals surface area contributed by atoms with Gasteiger partial charge < -0.3 is 20.7 Å². The van der Waals surface area contributed by atoms with E-state index in [1.807, 2.05) is 32.9 Å². The molecular weight excluding hydrogens is 396 g/mol. The molecule has 0 aliphatic rings. The number of carbonyl (C=O) groups excluding carboxylic acids is 3. The maximum atomic E-state index is 13.1. The number of carbonyl (C=O) groups is 3. The summed E-state index contributed by atoms with van der Waals surface area (Å²) >= 11 is 0. The predicted molar refractivity (Wildman–Crippen MR) is 118 cm³/mol. The molecule has 0 fully saturated rings. The Bertz CT molecular complexity index is 892. The first-order valence-corrected chi connectivity index (χ1v) is 10.0. The van der Waals surface area contributed by atoms with Crippen LogP contribution >= 0.6 is 0 Å². The number of primary amides is 1. The minimum Gasteiger partial charge on any atom is -0.497 e. The van der Waals surface area contributed by atoms with E-state index in [1.165, 1.54) is 4.90 Å². The van der Waals surface area contributed by atoms with E-state index < -0.39 is 17.4 Å². The van der Waals surface area contributed by atoms with Crippen molar-refractivity contribution >= 4 is 23.5 Å². The lowest BCUT2D eigenvalue weighted by Gasteiger charge is -2.38. The van der Waals surface area contributed by atoms with Gasteiger partial charge in [-0.15, -0.1) is 0 Å². The van der Waals surface area contributed by atoms with Crippen LogP contribution < -0.4 is 15.8 Å². The maximum absolute atomic E-state index is 13.1. The van der Waals surface area contributed by atoms with Crippen molar-refractivity contribution in [3.8, 4) is 5.75 Å². The van der Waals surface area contributed by atoms with E-state index in [0.29, 0.717) is 11.6 Å². The third-order valence-corrected chi connectivity index (χ3v) is 4.73. The van der Waals surface area contributed by atoms with Crippen molar-refractivity contribution in [2.75, 3.05) is 12.4 Å². The number of anilines is 1. The Labute approximate surface area is 182 Å². The molecule has 0 saturated heterocycles. The topological polar surface area (TPSA) is 115 Å². The van der Waals surface area contributed by atoms with Crippen molar-refractivity contribution < 1.29 is 19.1 Å². The highest BCUT2D eigenvalue weighted by atomic mass is 16.5. The van der Waals surface area contributed by atoms with Gasteiger partial charge in [0, 0.05) is 25.6 Å². The minimum absolute atomic E-state index is 0.0376. The Hall–Kier alpha value is -3.42. The maximum Gasteiger partial charge on any atom is 0.240 e. The third-order valence-electron chi connectivity index (χ3n) is 4.73. The van der Waals surface area contributed by atoms with Crippen LogP contribution in [0.15, 0.2) is 48.7 Å². The molecule has 0 aliphatic heterocycles. The number of nitrogens with one attached hydrogen (secondary N) is 1. The summed E-state index contributed by atoms with van der Waals surface area (Å²) in [7, 11) is 1.57. The lowest BCUT2D eigenvalue weighted by Crippen LogP contribution is -2.54. The van der Waals surface area contributed by atoms with Gasteiger partial charge in [-0.1, -0.05) is 39.0 Å². The van der Waals surface area contributed by atoms with Crippen LogP contribution in [0.3, 0.4) is 0 Å². The van der Waals surface area contributed by atoms with Crippen LogP contribution in [-0.2, 0) is 20.9 Å². The average Bonchev–Trinajstić information content (AvgIpc) is 2.71. The Kier molecular flexibility index (Phi) is 8.13. The highest BCUT2D eigenvalue weighted by Gasteiger charge is 2.37. The molecule has 1 aromatic heterocycles. The normalized spacial score (nSPS) is 12.0. The molecule has 166 valence electrons. The molecule has 2 aromatic rings. The number of hydrogen-bond acceptors (Lipinski definition) is 5. The molecule has 31 heavy (non-hydrogen) atoms. The second-order valence-corrected chi connectivity index (χ2v) is 8.30. The number of ether oxygens (including phenoxy) is 1. The van der Waals surface area contributed by atoms with E-state index in [9.17, 15) is 14.4 Å². The molecule has 0 saturated carbocycles. The van der Waals surface area contributed by atoms with Crippen LogP contribution in [0.5, 0.6) is 5.75 Å². The van der Waals surface area contributed by atoms with Crippen molar-refractivity contribution in [3.05, 3.63) is 54.2 Å². The lowest BCUT2D eigenvalue weighted by atomic mass is 9.84. The zero-order valence-corrected chi connectivity index (χ0v) is 18.4. The Morgan fingerprint density at radius 3 is 2.29 bits per heavy atom. The fourth-order valence-electron chi connectivity index (χ4n) is 3.31. The first-order chi connectivity index (χ1) is 14.6. The van der Waals surface area contributed by atoms with Crippen LogP contribution in [-0.4, -0.2) is 40.8 Å². The number of benzene rings is 1. The van der Waals surface area contributed by atoms with Gasteiger partial charge in [0.1, 0.15) is 17.6 Å². The van der Waals surface area contributed by atoms with Crippen LogP contribution in [0, 0.1) is 5.41 Å². The van der Waals surface area contributed by atoms with Crippen LogP contribution in [0.2, 0.25) is 0 Å². The third kappa shape index (κ3) is 7.09. The van der Waals surface area contributed by atoms with Crippen LogP contribution in [0.4, 0.5) is 5.82 Å². The molecule has 0 bridgehead atoms. The summed E-state index contributed by atoms with van der Waals surface area (Å²) < 4.78 is 5.17. The number of amides is 3. The molecule has 1 heterocycles. The highest BCUT2D eigenvalue weighted by molar-refractivity contribution is 5.93. The summed E-state index contributed by atoms with van der Waals surface area (Å²) in [6.07, 6.45) is 1.47. The smallest absolute Gasteiger partial charge is 0.240 e. The quantitative estimate of drug-likeness (QED) is 0.640. The molecule has 1 unspecified atom stereocenters. The Morgan fingerprint density at radius 1 is 1.10 bits per heavy atom. The fraction of sp³-hybridized carbons (Fsp3) is 0.391. The summed E-state index contributed by atoms with van der Waals surface area (Å²) in [5.74, 6) is -0.143. The zero-order valence-electron chi connectivity index (χ0n) is 18.4. The summed E-state index contributed by atoms with van der Waals surface area (Å²) in [5.41, 5.74) is 5.92. The van der Waals surface area contributed by atoms with E-state index in [-0.39, 0.29) is 31.2 Å². The number of pyridine rings is 1. The molecular formula is C23H30N4O4. The van der Waals surface area contributed by atoms with E-state index in [4.69, 9.17) is 10.5 Å². The molecule has 3 amide bonds. The van der Waals surface area contributed by atoms with Crippen molar-refractivity contribution in [2.45, 2.75) is 46.2 Å². The van der Waals surface area contributed by atoms with Gasteiger partial charge in [-0.3, -0.25) is 14.4 Å². The number of hydrogen-bond donors (Lipinski definition) is 2. The van der Waals surface area contributed by atoms with Gasteiger partial charge in [0.2, 0.25) is 17.7 Å².